The molecule has 2 N–H and O–H groups in total. The molecule has 0 fully saturated rings. The first-order valence-electron chi connectivity index (χ1n) is 8.68. The SMILES string of the molecule is COc1ccc(-c2nnc(SCC(=O)c3ccc(O)c(O)c3)n2C(C)C)cc1. The first-order valence-corrected chi connectivity index (χ1v) is 9.66. The normalized spacial score (nSPS) is 11.0. The van der Waals surface area contributed by atoms with E-state index in [9.17, 15) is 15.0 Å². The molecule has 0 atom stereocenters. The Morgan fingerprint density at radius 2 is 1.82 bits per heavy atom. The molecule has 2 aromatic carbocycles. The van der Waals surface area contributed by atoms with Crippen LogP contribution in [0, 0.1) is 0 Å². The molecule has 0 aliphatic heterocycles. The second-order valence-electron chi connectivity index (χ2n) is 6.41. The predicted octanol–water partition coefficient (Wildman–Crippen LogP) is 3.92. The van der Waals surface area contributed by atoms with Gasteiger partial charge in [-0.15, -0.1) is 10.2 Å². The van der Waals surface area contributed by atoms with Crippen molar-refractivity contribution >= 4 is 17.5 Å². The van der Waals surface area contributed by atoms with Crippen LogP contribution in [0.2, 0.25) is 0 Å². The standard InChI is InChI=1S/C20H21N3O4S/c1-12(2)23-19(13-4-7-15(27-3)8-5-13)21-22-20(23)28-11-18(26)14-6-9-16(24)17(25)10-14/h4-10,12,24-25H,11H2,1-3H3. The molecular weight excluding hydrogens is 378 g/mol. The van der Waals surface area contributed by atoms with E-state index in [0.717, 1.165) is 17.1 Å². The number of aromatic nitrogens is 3. The van der Waals surface area contributed by atoms with Crippen LogP contribution in [0.5, 0.6) is 17.2 Å². The van der Waals surface area contributed by atoms with Gasteiger partial charge in [0.05, 0.1) is 12.9 Å². The van der Waals surface area contributed by atoms with Crippen LogP contribution in [-0.4, -0.2) is 43.6 Å². The maximum Gasteiger partial charge on any atom is 0.192 e. The van der Waals surface area contributed by atoms with E-state index in [2.05, 4.69) is 10.2 Å². The number of methoxy groups -OCH3 is 1. The summed E-state index contributed by atoms with van der Waals surface area (Å²) in [5.74, 6) is 0.865. The molecule has 0 amide bonds. The third-order valence-electron chi connectivity index (χ3n) is 4.16. The zero-order valence-corrected chi connectivity index (χ0v) is 16.6. The molecule has 0 saturated carbocycles. The highest BCUT2D eigenvalue weighted by Crippen LogP contribution is 2.30. The number of nitrogens with zero attached hydrogens (tertiary/aromatic N) is 3. The minimum Gasteiger partial charge on any atom is -0.504 e. The Morgan fingerprint density at radius 1 is 1.11 bits per heavy atom. The van der Waals surface area contributed by atoms with Gasteiger partial charge in [0.2, 0.25) is 0 Å². The van der Waals surface area contributed by atoms with E-state index in [1.54, 1.807) is 7.11 Å². The third kappa shape index (κ3) is 4.12. The van der Waals surface area contributed by atoms with Crippen LogP contribution in [0.4, 0.5) is 0 Å². The first kappa shape index (κ1) is 19.8. The van der Waals surface area contributed by atoms with Gasteiger partial charge < -0.3 is 14.9 Å². The Hall–Kier alpha value is -3.00. The molecule has 3 rings (SSSR count). The van der Waals surface area contributed by atoms with Gasteiger partial charge in [0.1, 0.15) is 5.75 Å². The molecule has 0 aliphatic rings. The van der Waals surface area contributed by atoms with Gasteiger partial charge in [-0.25, -0.2) is 0 Å². The van der Waals surface area contributed by atoms with Crippen molar-refractivity contribution in [1.82, 2.24) is 14.8 Å². The summed E-state index contributed by atoms with van der Waals surface area (Å²) in [7, 11) is 1.62. The summed E-state index contributed by atoms with van der Waals surface area (Å²) in [6.45, 7) is 4.06. The van der Waals surface area contributed by atoms with Crippen LogP contribution in [0.1, 0.15) is 30.2 Å². The van der Waals surface area contributed by atoms with Crippen molar-refractivity contribution in [1.29, 1.82) is 0 Å². The fourth-order valence-corrected chi connectivity index (χ4v) is 3.65. The Kier molecular flexibility index (Phi) is 5.89. The number of ether oxygens (including phenoxy) is 1. The first-order chi connectivity index (χ1) is 13.4. The van der Waals surface area contributed by atoms with E-state index in [0.29, 0.717) is 10.7 Å². The minimum absolute atomic E-state index is 0.0995. The summed E-state index contributed by atoms with van der Waals surface area (Å²) in [5.41, 5.74) is 1.23. The Balaban J connectivity index is 1.81. The fourth-order valence-electron chi connectivity index (χ4n) is 2.69. The van der Waals surface area contributed by atoms with Gasteiger partial charge in [-0.05, 0) is 56.3 Å². The van der Waals surface area contributed by atoms with E-state index in [4.69, 9.17) is 4.74 Å². The molecule has 0 unspecified atom stereocenters. The second kappa shape index (κ2) is 8.35. The van der Waals surface area contributed by atoms with E-state index >= 15 is 0 Å². The topological polar surface area (TPSA) is 97.5 Å². The van der Waals surface area contributed by atoms with Crippen molar-refractivity contribution in [3.63, 3.8) is 0 Å². The third-order valence-corrected chi connectivity index (χ3v) is 5.10. The molecular formula is C20H21N3O4S. The van der Waals surface area contributed by atoms with Crippen molar-refractivity contribution in [3.05, 3.63) is 48.0 Å². The van der Waals surface area contributed by atoms with Crippen molar-refractivity contribution in [2.75, 3.05) is 12.9 Å². The van der Waals surface area contributed by atoms with Gasteiger partial charge in [0, 0.05) is 17.2 Å². The maximum absolute atomic E-state index is 12.4. The number of phenols is 2. The highest BCUT2D eigenvalue weighted by atomic mass is 32.2. The molecule has 0 aliphatic carbocycles. The van der Waals surface area contributed by atoms with Crippen LogP contribution in [0.25, 0.3) is 11.4 Å². The lowest BCUT2D eigenvalue weighted by Gasteiger charge is -2.14. The number of hydrogen-bond acceptors (Lipinski definition) is 7. The van der Waals surface area contributed by atoms with Crippen LogP contribution in [0.15, 0.2) is 47.6 Å². The number of ketones is 1. The van der Waals surface area contributed by atoms with Crippen LogP contribution < -0.4 is 4.74 Å². The lowest BCUT2D eigenvalue weighted by molar-refractivity contribution is 0.102. The molecule has 0 bridgehead atoms. The zero-order chi connectivity index (χ0) is 20.3. The van der Waals surface area contributed by atoms with Crippen molar-refractivity contribution < 1.29 is 19.7 Å². The van der Waals surface area contributed by atoms with Crippen molar-refractivity contribution in [3.8, 4) is 28.6 Å². The Labute approximate surface area is 167 Å². The summed E-state index contributed by atoms with van der Waals surface area (Å²) < 4.78 is 7.17. The molecule has 0 spiro atoms. The lowest BCUT2D eigenvalue weighted by Crippen LogP contribution is -2.07. The van der Waals surface area contributed by atoms with Crippen molar-refractivity contribution in [2.24, 2.45) is 0 Å². The predicted molar refractivity (Wildman–Crippen MR) is 107 cm³/mol. The summed E-state index contributed by atoms with van der Waals surface area (Å²) in [5, 5.41) is 28.2. The average molecular weight is 399 g/mol. The number of carbonyl (C=O) groups excluding carboxylic acids is 1. The number of hydrogen-bond donors (Lipinski definition) is 2. The maximum atomic E-state index is 12.4. The second-order valence-corrected chi connectivity index (χ2v) is 7.36. The van der Waals surface area contributed by atoms with Gasteiger partial charge in [0.15, 0.2) is 28.3 Å². The van der Waals surface area contributed by atoms with Crippen LogP contribution >= 0.6 is 11.8 Å². The van der Waals surface area contributed by atoms with Gasteiger partial charge in [0.25, 0.3) is 0 Å². The molecule has 1 heterocycles. The summed E-state index contributed by atoms with van der Waals surface area (Å²) in [6, 6.07) is 11.7. The fraction of sp³-hybridized carbons (Fsp3) is 0.250. The number of aromatic hydroxyl groups is 2. The summed E-state index contributed by atoms with van der Waals surface area (Å²) >= 11 is 1.28. The van der Waals surface area contributed by atoms with Gasteiger partial charge >= 0.3 is 0 Å². The highest BCUT2D eigenvalue weighted by Gasteiger charge is 2.18. The zero-order valence-electron chi connectivity index (χ0n) is 15.8. The van der Waals surface area contributed by atoms with E-state index < -0.39 is 0 Å². The molecule has 28 heavy (non-hydrogen) atoms. The number of thioether (sulfide) groups is 1. The number of carbonyl (C=O) groups is 1. The van der Waals surface area contributed by atoms with E-state index in [1.807, 2.05) is 42.7 Å². The number of benzene rings is 2. The Morgan fingerprint density at radius 3 is 2.43 bits per heavy atom. The van der Waals surface area contributed by atoms with Gasteiger partial charge in [-0.3, -0.25) is 9.36 Å². The molecule has 1 aromatic heterocycles. The molecule has 8 heteroatoms. The van der Waals surface area contributed by atoms with E-state index in [-0.39, 0.29) is 29.1 Å². The summed E-state index contributed by atoms with van der Waals surface area (Å²) in [4.78, 5) is 12.4. The molecule has 7 nitrogen and oxygen atoms in total. The lowest BCUT2D eigenvalue weighted by atomic mass is 10.1. The van der Waals surface area contributed by atoms with Crippen LogP contribution in [0.3, 0.4) is 0 Å². The van der Waals surface area contributed by atoms with E-state index in [1.165, 1.54) is 30.0 Å². The number of Topliss-reactive ketones (excluding diaryl/α,β-unsaturated/α-hetero) is 1. The number of rotatable bonds is 7. The van der Waals surface area contributed by atoms with Gasteiger partial charge in [-0.2, -0.15) is 0 Å². The quantitative estimate of drug-likeness (QED) is 0.353. The molecule has 3 aromatic rings. The highest BCUT2D eigenvalue weighted by molar-refractivity contribution is 7.99. The summed E-state index contributed by atoms with van der Waals surface area (Å²) in [6.07, 6.45) is 0. The van der Waals surface area contributed by atoms with Crippen LogP contribution in [-0.2, 0) is 0 Å². The molecule has 0 radical (unpaired) electrons. The van der Waals surface area contributed by atoms with Gasteiger partial charge in [-0.1, -0.05) is 11.8 Å². The largest absolute Gasteiger partial charge is 0.504 e. The van der Waals surface area contributed by atoms with Crippen molar-refractivity contribution in [2.45, 2.75) is 25.0 Å². The monoisotopic (exact) mass is 399 g/mol. The average Bonchev–Trinajstić information content (AvgIpc) is 3.12. The minimum atomic E-state index is -0.317. The molecule has 0 saturated heterocycles. The number of phenolic OH excluding ortho intramolecular Hbond substituents is 2. The smallest absolute Gasteiger partial charge is 0.192 e. The molecule has 146 valence electrons. The Bertz CT molecular complexity index is 984.